The first-order valence-electron chi connectivity index (χ1n) is 6.94. The normalized spacial score (nSPS) is 11.4. The molecule has 0 saturated heterocycles. The number of hydrogen-bond donors (Lipinski definition) is 2. The molecule has 2 amide bonds. The highest BCUT2D eigenvalue weighted by molar-refractivity contribution is 6.33. The highest BCUT2D eigenvalue weighted by Gasteiger charge is 2.17. The molecule has 1 aromatic carbocycles. The Hall–Kier alpha value is -2.08. The predicted octanol–water partition coefficient (Wildman–Crippen LogP) is 1.53. The molecule has 7 heteroatoms. The van der Waals surface area contributed by atoms with Gasteiger partial charge in [0.2, 0.25) is 5.91 Å². The summed E-state index contributed by atoms with van der Waals surface area (Å²) in [4.78, 5) is 35.0. The first-order chi connectivity index (χ1) is 10.5. The van der Waals surface area contributed by atoms with E-state index >= 15 is 0 Å². The summed E-state index contributed by atoms with van der Waals surface area (Å²) < 4.78 is 4.87. The number of rotatable bonds is 7. The van der Waals surface area contributed by atoms with Gasteiger partial charge in [0.25, 0.3) is 5.91 Å². The Morgan fingerprint density at radius 1 is 1.27 bits per heavy atom. The molecule has 2 N–H and O–H groups in total. The number of hydrogen-bond acceptors (Lipinski definition) is 4. The number of esters is 1. The molecule has 6 nitrogen and oxygen atoms in total. The van der Waals surface area contributed by atoms with Gasteiger partial charge in [-0.05, 0) is 25.5 Å². The third-order valence-electron chi connectivity index (χ3n) is 2.75. The Labute approximate surface area is 134 Å². The van der Waals surface area contributed by atoms with Gasteiger partial charge in [0.1, 0.15) is 6.04 Å². The number of amides is 2. The van der Waals surface area contributed by atoms with Gasteiger partial charge in [-0.3, -0.25) is 9.59 Å². The molecular weight excluding hydrogens is 308 g/mol. The summed E-state index contributed by atoms with van der Waals surface area (Å²) in [5.41, 5.74) is 0.186. The van der Waals surface area contributed by atoms with E-state index in [1.165, 1.54) is 6.07 Å². The lowest BCUT2D eigenvalue weighted by Crippen LogP contribution is -2.46. The monoisotopic (exact) mass is 326 g/mol. The molecule has 120 valence electrons. The largest absolute Gasteiger partial charge is 0.452 e. The summed E-state index contributed by atoms with van der Waals surface area (Å²) in [6.45, 7) is 3.55. The second-order valence-electron chi connectivity index (χ2n) is 4.64. The Morgan fingerprint density at radius 3 is 2.59 bits per heavy atom. The van der Waals surface area contributed by atoms with E-state index in [4.69, 9.17) is 16.3 Å². The zero-order valence-electron chi connectivity index (χ0n) is 12.5. The molecule has 1 aromatic rings. The average Bonchev–Trinajstić information content (AvgIpc) is 2.50. The molecule has 0 fully saturated rings. The molecular formula is C15H19ClN2O4. The molecule has 0 radical (unpaired) electrons. The van der Waals surface area contributed by atoms with Crippen molar-refractivity contribution in [2.45, 2.75) is 26.3 Å². The first-order valence-corrected chi connectivity index (χ1v) is 7.32. The molecule has 0 saturated carbocycles. The fraction of sp³-hybridized carbons (Fsp3) is 0.400. The maximum atomic E-state index is 11.8. The van der Waals surface area contributed by atoms with Crippen LogP contribution < -0.4 is 10.6 Å². The SMILES string of the molecule is CCCNC(=O)[C@@H](C)NC(=O)COC(=O)c1ccccc1Cl. The number of benzene rings is 1. The van der Waals surface area contributed by atoms with Gasteiger partial charge in [-0.2, -0.15) is 0 Å². The summed E-state index contributed by atoms with van der Waals surface area (Å²) in [5, 5.41) is 5.36. The molecule has 0 aliphatic rings. The second kappa shape index (κ2) is 9.04. The number of halogens is 1. The molecule has 0 unspecified atom stereocenters. The van der Waals surface area contributed by atoms with Gasteiger partial charge in [0, 0.05) is 6.54 Å². The fourth-order valence-electron chi connectivity index (χ4n) is 1.59. The molecule has 1 atom stereocenters. The summed E-state index contributed by atoms with van der Waals surface area (Å²) in [7, 11) is 0. The summed E-state index contributed by atoms with van der Waals surface area (Å²) in [6, 6.07) is 5.69. The van der Waals surface area contributed by atoms with E-state index in [9.17, 15) is 14.4 Å². The predicted molar refractivity (Wildman–Crippen MR) is 82.6 cm³/mol. The maximum absolute atomic E-state index is 11.8. The van der Waals surface area contributed by atoms with Crippen LogP contribution in [0.1, 0.15) is 30.6 Å². The van der Waals surface area contributed by atoms with E-state index in [1.807, 2.05) is 6.92 Å². The van der Waals surface area contributed by atoms with E-state index in [2.05, 4.69) is 10.6 Å². The summed E-state index contributed by atoms with van der Waals surface area (Å²) in [5.74, 6) is -1.53. The molecule has 0 heterocycles. The minimum atomic E-state index is -0.696. The number of nitrogens with one attached hydrogen (secondary N) is 2. The van der Waals surface area contributed by atoms with Crippen molar-refractivity contribution in [1.29, 1.82) is 0 Å². The van der Waals surface area contributed by atoms with Crippen LogP contribution in [0.3, 0.4) is 0 Å². The highest BCUT2D eigenvalue weighted by Crippen LogP contribution is 2.15. The van der Waals surface area contributed by atoms with Gasteiger partial charge < -0.3 is 15.4 Å². The quantitative estimate of drug-likeness (QED) is 0.744. The van der Waals surface area contributed by atoms with Gasteiger partial charge in [-0.1, -0.05) is 30.7 Å². The van der Waals surface area contributed by atoms with Crippen molar-refractivity contribution in [1.82, 2.24) is 10.6 Å². The lowest BCUT2D eigenvalue weighted by Gasteiger charge is -2.14. The van der Waals surface area contributed by atoms with Crippen LogP contribution in [0.5, 0.6) is 0 Å². The Balaban J connectivity index is 2.41. The van der Waals surface area contributed by atoms with E-state index < -0.39 is 24.5 Å². The van der Waals surface area contributed by atoms with E-state index in [-0.39, 0.29) is 16.5 Å². The average molecular weight is 327 g/mol. The van der Waals surface area contributed by atoms with Crippen molar-refractivity contribution in [3.8, 4) is 0 Å². The smallest absolute Gasteiger partial charge is 0.340 e. The van der Waals surface area contributed by atoms with Crippen molar-refractivity contribution in [3.63, 3.8) is 0 Å². The van der Waals surface area contributed by atoms with Gasteiger partial charge in [-0.25, -0.2) is 4.79 Å². The van der Waals surface area contributed by atoms with Crippen molar-refractivity contribution < 1.29 is 19.1 Å². The van der Waals surface area contributed by atoms with Crippen LogP contribution >= 0.6 is 11.6 Å². The molecule has 22 heavy (non-hydrogen) atoms. The highest BCUT2D eigenvalue weighted by atomic mass is 35.5. The number of carbonyl (C=O) groups is 3. The Bertz CT molecular complexity index is 548. The van der Waals surface area contributed by atoms with Gasteiger partial charge in [-0.15, -0.1) is 0 Å². The van der Waals surface area contributed by atoms with Crippen LogP contribution in [0.25, 0.3) is 0 Å². The topological polar surface area (TPSA) is 84.5 Å². The minimum Gasteiger partial charge on any atom is -0.452 e. The zero-order chi connectivity index (χ0) is 16.5. The summed E-state index contributed by atoms with van der Waals surface area (Å²) >= 11 is 5.85. The molecule has 0 aliphatic heterocycles. The second-order valence-corrected chi connectivity index (χ2v) is 5.04. The van der Waals surface area contributed by atoms with Crippen LogP contribution in [0, 0.1) is 0 Å². The van der Waals surface area contributed by atoms with Gasteiger partial charge in [0.05, 0.1) is 10.6 Å². The third-order valence-corrected chi connectivity index (χ3v) is 3.08. The minimum absolute atomic E-state index is 0.186. The van der Waals surface area contributed by atoms with Crippen LogP contribution in [0.2, 0.25) is 5.02 Å². The van der Waals surface area contributed by atoms with Crippen molar-refractivity contribution in [3.05, 3.63) is 34.9 Å². The fourth-order valence-corrected chi connectivity index (χ4v) is 1.80. The third kappa shape index (κ3) is 5.73. The maximum Gasteiger partial charge on any atom is 0.340 e. The molecule has 0 aromatic heterocycles. The molecule has 0 spiro atoms. The number of carbonyl (C=O) groups excluding carboxylic acids is 3. The molecule has 0 aliphatic carbocycles. The van der Waals surface area contributed by atoms with E-state index in [0.717, 1.165) is 6.42 Å². The van der Waals surface area contributed by atoms with Crippen LogP contribution in [-0.4, -0.2) is 37.0 Å². The zero-order valence-corrected chi connectivity index (χ0v) is 13.3. The molecule has 0 bridgehead atoms. The van der Waals surface area contributed by atoms with Crippen LogP contribution in [0.15, 0.2) is 24.3 Å². The first kappa shape index (κ1) is 18.0. The van der Waals surface area contributed by atoms with E-state index in [1.54, 1.807) is 25.1 Å². The van der Waals surface area contributed by atoms with Gasteiger partial charge >= 0.3 is 5.97 Å². The standard InChI is InChI=1S/C15H19ClN2O4/c1-3-8-17-14(20)10(2)18-13(19)9-22-15(21)11-6-4-5-7-12(11)16/h4-7,10H,3,8-9H2,1-2H3,(H,17,20)(H,18,19)/t10-/m1/s1. The molecule has 1 rings (SSSR count). The van der Waals surface area contributed by atoms with E-state index in [0.29, 0.717) is 6.54 Å². The lowest BCUT2D eigenvalue weighted by molar-refractivity contribution is -0.130. The van der Waals surface area contributed by atoms with Crippen molar-refractivity contribution in [2.24, 2.45) is 0 Å². The van der Waals surface area contributed by atoms with Crippen molar-refractivity contribution >= 4 is 29.4 Å². The Kier molecular flexibility index (Phi) is 7.39. The van der Waals surface area contributed by atoms with Crippen LogP contribution in [0.4, 0.5) is 0 Å². The van der Waals surface area contributed by atoms with Crippen molar-refractivity contribution in [2.75, 3.05) is 13.2 Å². The number of ether oxygens (including phenoxy) is 1. The lowest BCUT2D eigenvalue weighted by atomic mass is 10.2. The van der Waals surface area contributed by atoms with Crippen LogP contribution in [-0.2, 0) is 14.3 Å². The Morgan fingerprint density at radius 2 is 1.95 bits per heavy atom. The summed E-state index contributed by atoms with van der Waals surface area (Å²) in [6.07, 6.45) is 0.807. The van der Waals surface area contributed by atoms with Gasteiger partial charge in [0.15, 0.2) is 6.61 Å².